The molecule has 1 rings (SSSR count). The smallest absolute Gasteiger partial charge is 0.0466 e. The van der Waals surface area contributed by atoms with Crippen LogP contribution in [-0.4, -0.2) is 58.7 Å². The Kier molecular flexibility index (Phi) is 5.70. The number of ether oxygens (including phenoxy) is 1. The average Bonchev–Trinajstić information content (AvgIpc) is 1.76. The van der Waals surface area contributed by atoms with Gasteiger partial charge in [-0.15, -0.1) is 0 Å². The first kappa shape index (κ1) is 7.44. The van der Waals surface area contributed by atoms with Gasteiger partial charge in [-0.25, -0.2) is 0 Å². The van der Waals surface area contributed by atoms with Gasteiger partial charge in [-0.1, -0.05) is 0 Å². The monoisotopic (exact) mass is 160 g/mol. The predicted molar refractivity (Wildman–Crippen MR) is 25.8 cm³/mol. The molecule has 2 heteroatoms. The van der Waals surface area contributed by atoms with Gasteiger partial charge in [0.05, 0.1) is 0 Å². The summed E-state index contributed by atoms with van der Waals surface area (Å²) in [5, 5.41) is 0. The Labute approximate surface area is 75.3 Å². The molecule has 2 radical (unpaired) electrons. The third kappa shape index (κ3) is 2.59. The van der Waals surface area contributed by atoms with Crippen LogP contribution in [0, 0.1) is 0 Å². The van der Waals surface area contributed by atoms with Crippen molar-refractivity contribution in [3.8, 4) is 0 Å². The average molecular weight is 160 g/mol. The van der Waals surface area contributed by atoms with Crippen LogP contribution in [0.25, 0.3) is 0 Å². The first-order valence-electron chi connectivity index (χ1n) is 2.08. The third-order valence-corrected chi connectivity index (χ3v) is 0.827. The Bertz CT molecular complexity index is 19.1. The molecule has 0 aromatic carbocycles. The summed E-state index contributed by atoms with van der Waals surface area (Å²) in [5.41, 5.74) is 0. The minimum atomic E-state index is 0. The van der Waals surface area contributed by atoms with Gasteiger partial charge in [-0.05, 0) is 12.8 Å². The molecule has 0 aromatic heterocycles. The van der Waals surface area contributed by atoms with Crippen LogP contribution in [0.3, 0.4) is 0 Å². The molecule has 0 spiro atoms. The minimum absolute atomic E-state index is 0. The summed E-state index contributed by atoms with van der Waals surface area (Å²) in [6.07, 6.45) is 2.56. The van der Waals surface area contributed by atoms with Crippen molar-refractivity contribution in [1.82, 2.24) is 0 Å². The summed E-state index contributed by atoms with van der Waals surface area (Å²) in [6.45, 7) is 2.00. The first-order chi connectivity index (χ1) is 2.50. The molecule has 32 valence electrons. The molecule has 0 unspecified atom stereocenters. The molecular weight excluding hydrogens is 152 g/mol. The molecule has 1 heterocycles. The Morgan fingerprint density at radius 2 is 1.50 bits per heavy atom. The van der Waals surface area contributed by atoms with Crippen LogP contribution in [0.15, 0.2) is 0 Å². The Morgan fingerprint density at radius 3 is 1.67 bits per heavy atom. The number of hydrogen-bond donors (Lipinski definition) is 0. The normalized spacial score (nSPS) is 20.0. The van der Waals surface area contributed by atoms with Crippen LogP contribution in [0.4, 0.5) is 0 Å². The molecule has 0 saturated carbocycles. The summed E-state index contributed by atoms with van der Waals surface area (Å²) < 4.78 is 4.94. The maximum atomic E-state index is 4.94. The van der Waals surface area contributed by atoms with Crippen molar-refractivity contribution in [3.05, 3.63) is 0 Å². The summed E-state index contributed by atoms with van der Waals surface area (Å²) in [5.74, 6) is 0. The van der Waals surface area contributed by atoms with Crippen LogP contribution in [-0.2, 0) is 4.74 Å². The van der Waals surface area contributed by atoms with Crippen molar-refractivity contribution in [2.45, 2.75) is 12.8 Å². The Morgan fingerprint density at radius 1 is 1.00 bits per heavy atom. The summed E-state index contributed by atoms with van der Waals surface area (Å²) in [7, 11) is 0. The summed E-state index contributed by atoms with van der Waals surface area (Å²) >= 11 is 0. The fraction of sp³-hybridized carbons (Fsp3) is 1.00. The van der Waals surface area contributed by atoms with E-state index in [4.69, 9.17) is 4.74 Å². The molecule has 0 amide bonds. The van der Waals surface area contributed by atoms with E-state index in [1.54, 1.807) is 0 Å². The van der Waals surface area contributed by atoms with Gasteiger partial charge in [0, 0.05) is 58.7 Å². The van der Waals surface area contributed by atoms with Gasteiger partial charge < -0.3 is 4.74 Å². The second kappa shape index (κ2) is 4.60. The van der Waals surface area contributed by atoms with Crippen molar-refractivity contribution in [2.75, 3.05) is 13.2 Å². The SMILES string of the molecule is C1CCOC1.[Sr]. The van der Waals surface area contributed by atoms with Gasteiger partial charge in [-0.2, -0.15) is 0 Å². The van der Waals surface area contributed by atoms with Crippen LogP contribution >= 0.6 is 0 Å². The molecule has 0 aliphatic carbocycles. The second-order valence-corrected chi connectivity index (χ2v) is 1.32. The fourth-order valence-electron chi connectivity index (χ4n) is 0.510. The fourth-order valence-corrected chi connectivity index (χ4v) is 0.510. The van der Waals surface area contributed by atoms with E-state index >= 15 is 0 Å². The van der Waals surface area contributed by atoms with Crippen molar-refractivity contribution in [2.24, 2.45) is 0 Å². The molecule has 1 fully saturated rings. The van der Waals surface area contributed by atoms with Gasteiger partial charge in [0.15, 0.2) is 0 Å². The maximum Gasteiger partial charge on any atom is 0.0466 e. The van der Waals surface area contributed by atoms with Crippen molar-refractivity contribution in [3.63, 3.8) is 0 Å². The van der Waals surface area contributed by atoms with Crippen LogP contribution < -0.4 is 0 Å². The minimum Gasteiger partial charge on any atom is -0.381 e. The Balaban J connectivity index is 0.000000250. The Hall–Kier alpha value is 1.44. The van der Waals surface area contributed by atoms with E-state index in [-0.39, 0.29) is 45.5 Å². The number of hydrogen-bond acceptors (Lipinski definition) is 1. The van der Waals surface area contributed by atoms with E-state index < -0.39 is 0 Å². The van der Waals surface area contributed by atoms with Crippen molar-refractivity contribution >= 4 is 45.5 Å². The topological polar surface area (TPSA) is 9.23 Å². The van der Waals surface area contributed by atoms with Gasteiger partial charge in [0.2, 0.25) is 0 Å². The molecule has 1 saturated heterocycles. The van der Waals surface area contributed by atoms with Gasteiger partial charge in [0.25, 0.3) is 0 Å². The van der Waals surface area contributed by atoms with E-state index in [0.29, 0.717) is 0 Å². The second-order valence-electron chi connectivity index (χ2n) is 1.32. The quantitative estimate of drug-likeness (QED) is 0.466. The molecule has 1 nitrogen and oxygen atoms in total. The summed E-state index contributed by atoms with van der Waals surface area (Å²) in [6, 6.07) is 0. The van der Waals surface area contributed by atoms with E-state index in [2.05, 4.69) is 0 Å². The van der Waals surface area contributed by atoms with Gasteiger partial charge in [-0.3, -0.25) is 0 Å². The molecule has 0 bridgehead atoms. The number of rotatable bonds is 0. The molecule has 6 heavy (non-hydrogen) atoms. The first-order valence-corrected chi connectivity index (χ1v) is 2.08. The van der Waals surface area contributed by atoms with E-state index in [1.807, 2.05) is 0 Å². The molecular formula is C4H8OSr. The third-order valence-electron chi connectivity index (χ3n) is 0.827. The predicted octanol–water partition coefficient (Wildman–Crippen LogP) is 0.416. The van der Waals surface area contributed by atoms with Gasteiger partial charge >= 0.3 is 0 Å². The largest absolute Gasteiger partial charge is 0.381 e. The van der Waals surface area contributed by atoms with Crippen LogP contribution in [0.5, 0.6) is 0 Å². The zero-order chi connectivity index (χ0) is 3.54. The van der Waals surface area contributed by atoms with E-state index in [9.17, 15) is 0 Å². The molecule has 1 aliphatic heterocycles. The van der Waals surface area contributed by atoms with E-state index in [1.165, 1.54) is 12.8 Å². The molecule has 0 atom stereocenters. The standard InChI is InChI=1S/C4H8O.Sr/c1-2-4-5-3-1;/h1-4H2;. The van der Waals surface area contributed by atoms with Crippen LogP contribution in [0.2, 0.25) is 0 Å². The zero-order valence-corrected chi connectivity index (χ0v) is 7.42. The van der Waals surface area contributed by atoms with Crippen LogP contribution in [0.1, 0.15) is 12.8 Å². The maximum absolute atomic E-state index is 4.94. The zero-order valence-electron chi connectivity index (χ0n) is 3.94. The molecule has 0 aromatic rings. The van der Waals surface area contributed by atoms with Crippen molar-refractivity contribution in [1.29, 1.82) is 0 Å². The van der Waals surface area contributed by atoms with Crippen molar-refractivity contribution < 1.29 is 4.74 Å². The molecule has 0 N–H and O–H groups in total. The molecule has 1 aliphatic rings. The summed E-state index contributed by atoms with van der Waals surface area (Å²) in [4.78, 5) is 0. The van der Waals surface area contributed by atoms with Gasteiger partial charge in [0.1, 0.15) is 0 Å². The van der Waals surface area contributed by atoms with E-state index in [0.717, 1.165) is 13.2 Å².